The Labute approximate surface area is 84.4 Å². The minimum Gasteiger partial charge on any atom is -0.349 e. The molecule has 1 fully saturated rings. The van der Waals surface area contributed by atoms with Crippen molar-refractivity contribution in [1.82, 2.24) is 0 Å². The highest BCUT2D eigenvalue weighted by atomic mass is 32.2. The summed E-state index contributed by atoms with van der Waals surface area (Å²) < 4.78 is 21.0. The molecular formula is C7H15N3O3S. The first-order valence-electron chi connectivity index (χ1n) is 4.38. The maximum absolute atomic E-state index is 9.47. The number of nitrogens with zero attached hydrogens (tertiary/aromatic N) is 1. The average molecular weight is 221 g/mol. The van der Waals surface area contributed by atoms with E-state index < -0.39 is 16.5 Å². The molecule has 0 aromatic heterocycles. The summed E-state index contributed by atoms with van der Waals surface area (Å²) in [4.78, 5) is 9.47. The lowest BCUT2D eigenvalue weighted by molar-refractivity contribution is 0.257. The molecule has 1 aliphatic rings. The minimum absolute atomic E-state index is 0.536. The van der Waals surface area contributed by atoms with E-state index in [0.29, 0.717) is 6.04 Å². The molecular weight excluding hydrogens is 206 g/mol. The second-order valence-electron chi connectivity index (χ2n) is 3.04. The van der Waals surface area contributed by atoms with Crippen LogP contribution in [-0.2, 0) is 10.5 Å². The van der Waals surface area contributed by atoms with E-state index in [2.05, 4.69) is 10.1 Å². The second kappa shape index (κ2) is 7.45. The molecule has 1 saturated carbocycles. The number of carbonyl (C=O) groups excluding carboxylic acids is 1. The molecule has 0 aromatic rings. The Morgan fingerprint density at radius 1 is 1.21 bits per heavy atom. The maximum atomic E-state index is 9.47. The van der Waals surface area contributed by atoms with Gasteiger partial charge < -0.3 is 11.5 Å². The molecule has 1 rings (SSSR count). The molecule has 2 amide bonds. The van der Waals surface area contributed by atoms with Gasteiger partial charge in [0.05, 0.1) is 0 Å². The van der Waals surface area contributed by atoms with Crippen LogP contribution in [0.15, 0.2) is 4.36 Å². The van der Waals surface area contributed by atoms with Crippen LogP contribution in [0.5, 0.6) is 0 Å². The van der Waals surface area contributed by atoms with E-state index in [1.165, 1.54) is 32.1 Å². The number of hydrogen-bond donors (Lipinski definition) is 2. The summed E-state index contributed by atoms with van der Waals surface area (Å²) in [6.45, 7) is 0. The van der Waals surface area contributed by atoms with E-state index in [9.17, 15) is 13.2 Å². The molecule has 0 atom stereocenters. The number of rotatable bonds is 0. The van der Waals surface area contributed by atoms with Crippen molar-refractivity contribution in [3.05, 3.63) is 0 Å². The predicted molar refractivity (Wildman–Crippen MR) is 52.0 cm³/mol. The van der Waals surface area contributed by atoms with E-state index in [4.69, 9.17) is 5.73 Å². The van der Waals surface area contributed by atoms with Crippen molar-refractivity contribution in [2.75, 3.05) is 0 Å². The fraction of sp³-hybridized carbons (Fsp3) is 0.857. The molecule has 0 spiro atoms. The van der Waals surface area contributed by atoms with Gasteiger partial charge in [0.15, 0.2) is 0 Å². The first-order valence-corrected chi connectivity index (χ1v) is 5.41. The predicted octanol–water partition coefficient (Wildman–Crippen LogP) is 0.406. The lowest BCUT2D eigenvalue weighted by atomic mass is 9.97. The lowest BCUT2D eigenvalue weighted by Crippen LogP contribution is -2.22. The Balaban J connectivity index is 0.000000241. The number of urea groups is 1. The third-order valence-electron chi connectivity index (χ3n) is 1.81. The number of hydrogen-bond acceptors (Lipinski definition) is 4. The van der Waals surface area contributed by atoms with Gasteiger partial charge in [0.2, 0.25) is 0 Å². The zero-order valence-corrected chi connectivity index (χ0v) is 8.66. The number of amides is 2. The van der Waals surface area contributed by atoms with Crippen LogP contribution in [0.1, 0.15) is 32.1 Å². The summed E-state index contributed by atoms with van der Waals surface area (Å²) in [5.74, 6) is 0. The standard InChI is InChI=1S/C6H13N.CH2N2O3S/c7-6-4-2-1-3-5-6;2-1(4)3-7(5)6/h6H,1-5,7H2;(H2,2,4). The molecule has 0 saturated heterocycles. The monoisotopic (exact) mass is 221 g/mol. The van der Waals surface area contributed by atoms with E-state index in [-0.39, 0.29) is 0 Å². The van der Waals surface area contributed by atoms with Crippen LogP contribution in [0.3, 0.4) is 0 Å². The van der Waals surface area contributed by atoms with Gasteiger partial charge in [0.25, 0.3) is 0 Å². The highest BCUT2D eigenvalue weighted by Gasteiger charge is 2.06. The maximum Gasteiger partial charge on any atom is 0.353 e. The summed E-state index contributed by atoms with van der Waals surface area (Å²) in [6.07, 6.45) is 6.66. The number of primary amides is 1. The summed E-state index contributed by atoms with van der Waals surface area (Å²) in [5.41, 5.74) is 9.93. The van der Waals surface area contributed by atoms with E-state index in [0.717, 1.165) is 0 Å². The molecule has 0 bridgehead atoms. The van der Waals surface area contributed by atoms with Crippen LogP contribution in [-0.4, -0.2) is 20.5 Å². The van der Waals surface area contributed by atoms with Crippen molar-refractivity contribution >= 4 is 16.5 Å². The summed E-state index contributed by atoms with van der Waals surface area (Å²) >= 11 is 0. The summed E-state index contributed by atoms with van der Waals surface area (Å²) in [6, 6.07) is -0.665. The highest BCUT2D eigenvalue weighted by Crippen LogP contribution is 2.14. The Kier molecular flexibility index (Phi) is 6.95. The van der Waals surface area contributed by atoms with Crippen LogP contribution in [0.2, 0.25) is 0 Å². The zero-order valence-electron chi connectivity index (χ0n) is 7.85. The van der Waals surface area contributed by atoms with Gasteiger partial charge in [-0.1, -0.05) is 23.6 Å². The Morgan fingerprint density at radius 2 is 1.71 bits per heavy atom. The quantitative estimate of drug-likeness (QED) is 0.616. The van der Waals surface area contributed by atoms with E-state index in [1.54, 1.807) is 0 Å². The van der Waals surface area contributed by atoms with Crippen LogP contribution in [0.4, 0.5) is 4.79 Å². The smallest absolute Gasteiger partial charge is 0.349 e. The van der Waals surface area contributed by atoms with Gasteiger partial charge in [0, 0.05) is 6.04 Å². The topological polar surface area (TPSA) is 116 Å². The van der Waals surface area contributed by atoms with Gasteiger partial charge in [-0.15, -0.1) is 0 Å². The van der Waals surface area contributed by atoms with Gasteiger partial charge in [0.1, 0.15) is 0 Å². The van der Waals surface area contributed by atoms with Gasteiger partial charge in [-0.25, -0.2) is 4.79 Å². The third kappa shape index (κ3) is 9.14. The molecule has 6 nitrogen and oxygen atoms in total. The molecule has 0 aliphatic heterocycles. The van der Waals surface area contributed by atoms with E-state index >= 15 is 0 Å². The van der Waals surface area contributed by atoms with Crippen LogP contribution in [0.25, 0.3) is 0 Å². The first-order chi connectivity index (χ1) is 6.52. The molecule has 0 heterocycles. The third-order valence-corrected chi connectivity index (χ3v) is 2.14. The van der Waals surface area contributed by atoms with E-state index in [1.807, 2.05) is 0 Å². The molecule has 14 heavy (non-hydrogen) atoms. The zero-order chi connectivity index (χ0) is 11.0. The number of nitrogens with two attached hydrogens (primary N) is 2. The fourth-order valence-electron chi connectivity index (χ4n) is 1.21. The van der Waals surface area contributed by atoms with Crippen molar-refractivity contribution in [3.63, 3.8) is 0 Å². The van der Waals surface area contributed by atoms with Crippen molar-refractivity contribution in [2.45, 2.75) is 38.1 Å². The Hall–Kier alpha value is -0.950. The molecule has 1 aliphatic carbocycles. The Bertz CT molecular complexity index is 285. The molecule has 7 heteroatoms. The number of carbonyl (C=O) groups is 1. The van der Waals surface area contributed by atoms with Crippen LogP contribution in [0, 0.1) is 0 Å². The second-order valence-corrected chi connectivity index (χ2v) is 3.66. The fourth-order valence-corrected chi connectivity index (χ4v) is 1.35. The molecule has 82 valence electrons. The largest absolute Gasteiger partial charge is 0.353 e. The summed E-state index contributed by atoms with van der Waals surface area (Å²) in [7, 11) is -2.70. The van der Waals surface area contributed by atoms with Gasteiger partial charge in [-0.3, -0.25) is 0 Å². The molecule has 0 aromatic carbocycles. The van der Waals surface area contributed by atoms with Gasteiger partial charge in [-0.2, -0.15) is 8.42 Å². The van der Waals surface area contributed by atoms with Crippen molar-refractivity contribution in [1.29, 1.82) is 0 Å². The highest BCUT2D eigenvalue weighted by molar-refractivity contribution is 7.62. The van der Waals surface area contributed by atoms with Crippen molar-refractivity contribution in [2.24, 2.45) is 15.8 Å². The molecule has 0 radical (unpaired) electrons. The SMILES string of the molecule is NC(=O)N=S(=O)=O.NC1CCCCC1. The Morgan fingerprint density at radius 3 is 1.86 bits per heavy atom. The van der Waals surface area contributed by atoms with Gasteiger partial charge >= 0.3 is 16.5 Å². The van der Waals surface area contributed by atoms with Crippen LogP contribution < -0.4 is 11.5 Å². The average Bonchev–Trinajstić information content (AvgIpc) is 2.03. The normalized spacial score (nSPS) is 16.4. The first kappa shape index (κ1) is 13.1. The van der Waals surface area contributed by atoms with Crippen molar-refractivity contribution in [3.8, 4) is 0 Å². The molecule has 4 N–H and O–H groups in total. The van der Waals surface area contributed by atoms with Gasteiger partial charge in [-0.05, 0) is 12.8 Å². The molecule has 0 unspecified atom stereocenters. The lowest BCUT2D eigenvalue weighted by Gasteiger charge is -2.15. The summed E-state index contributed by atoms with van der Waals surface area (Å²) in [5, 5.41) is 0. The van der Waals surface area contributed by atoms with Crippen molar-refractivity contribution < 1.29 is 13.2 Å². The van der Waals surface area contributed by atoms with Crippen LogP contribution >= 0.6 is 0 Å². The minimum atomic E-state index is -2.70.